The maximum Gasteiger partial charge on any atom is 0.191 e. The lowest BCUT2D eigenvalue weighted by molar-refractivity contribution is 0.324. The SMILES string of the molecule is CCNC(=NCc1ncc(C)s1)NC1CCCC(C)C1.I. The first-order valence-corrected chi connectivity index (χ1v) is 8.45. The molecule has 21 heavy (non-hydrogen) atoms. The highest BCUT2D eigenvalue weighted by Crippen LogP contribution is 2.23. The van der Waals surface area contributed by atoms with Gasteiger partial charge in [-0.2, -0.15) is 0 Å². The third kappa shape index (κ3) is 6.50. The first-order valence-electron chi connectivity index (χ1n) is 7.63. The smallest absolute Gasteiger partial charge is 0.191 e. The molecule has 4 nitrogen and oxygen atoms in total. The molecule has 1 aliphatic rings. The second-order valence-corrected chi connectivity index (χ2v) is 6.99. The number of guanidine groups is 1. The molecule has 0 spiro atoms. The molecule has 1 fully saturated rings. The third-order valence-corrected chi connectivity index (χ3v) is 4.56. The summed E-state index contributed by atoms with van der Waals surface area (Å²) in [6, 6.07) is 0.564. The minimum atomic E-state index is 0. The number of hydrogen-bond donors (Lipinski definition) is 2. The van der Waals surface area contributed by atoms with Gasteiger partial charge < -0.3 is 10.6 Å². The van der Waals surface area contributed by atoms with Gasteiger partial charge in [-0.05, 0) is 32.6 Å². The van der Waals surface area contributed by atoms with Crippen molar-refractivity contribution in [1.82, 2.24) is 15.6 Å². The lowest BCUT2D eigenvalue weighted by Crippen LogP contribution is -2.45. The third-order valence-electron chi connectivity index (χ3n) is 3.66. The molecule has 1 aromatic rings. The normalized spacial score (nSPS) is 22.5. The summed E-state index contributed by atoms with van der Waals surface area (Å²) in [5, 5.41) is 8.00. The maximum atomic E-state index is 4.66. The average molecular weight is 422 g/mol. The second-order valence-electron chi connectivity index (χ2n) is 5.67. The Labute approximate surface area is 149 Å². The van der Waals surface area contributed by atoms with Crippen LogP contribution in [0.1, 0.15) is 49.4 Å². The van der Waals surface area contributed by atoms with Gasteiger partial charge in [0, 0.05) is 23.7 Å². The fourth-order valence-electron chi connectivity index (χ4n) is 2.70. The van der Waals surface area contributed by atoms with E-state index >= 15 is 0 Å². The van der Waals surface area contributed by atoms with Crippen molar-refractivity contribution < 1.29 is 0 Å². The van der Waals surface area contributed by atoms with E-state index in [9.17, 15) is 0 Å². The molecule has 1 heterocycles. The van der Waals surface area contributed by atoms with E-state index < -0.39 is 0 Å². The van der Waals surface area contributed by atoms with Crippen molar-refractivity contribution in [2.75, 3.05) is 6.54 Å². The van der Waals surface area contributed by atoms with Gasteiger partial charge in [0.25, 0.3) is 0 Å². The second kappa shape index (κ2) is 9.61. The van der Waals surface area contributed by atoms with Crippen LogP contribution in [0.4, 0.5) is 0 Å². The molecule has 1 aliphatic carbocycles. The lowest BCUT2D eigenvalue weighted by atomic mass is 9.87. The Bertz CT molecular complexity index is 447. The number of aliphatic imine (C=N–C) groups is 1. The van der Waals surface area contributed by atoms with Gasteiger partial charge in [0.2, 0.25) is 0 Å². The largest absolute Gasteiger partial charge is 0.357 e. The van der Waals surface area contributed by atoms with Gasteiger partial charge in [-0.3, -0.25) is 0 Å². The zero-order valence-corrected chi connectivity index (χ0v) is 16.3. The van der Waals surface area contributed by atoms with Crippen LogP contribution in [0.25, 0.3) is 0 Å². The van der Waals surface area contributed by atoms with Crippen LogP contribution in [0.3, 0.4) is 0 Å². The number of nitrogens with one attached hydrogen (secondary N) is 2. The van der Waals surface area contributed by atoms with Crippen LogP contribution in [0, 0.1) is 12.8 Å². The highest BCUT2D eigenvalue weighted by Gasteiger charge is 2.19. The number of thiazole rings is 1. The van der Waals surface area contributed by atoms with Gasteiger partial charge in [0.1, 0.15) is 5.01 Å². The summed E-state index contributed by atoms with van der Waals surface area (Å²) < 4.78 is 0. The molecule has 6 heteroatoms. The summed E-state index contributed by atoms with van der Waals surface area (Å²) in [5.41, 5.74) is 0. The van der Waals surface area contributed by atoms with Crippen LogP contribution < -0.4 is 10.6 Å². The molecule has 2 N–H and O–H groups in total. The predicted octanol–water partition coefficient (Wildman–Crippen LogP) is 3.70. The molecule has 120 valence electrons. The highest BCUT2D eigenvalue weighted by molar-refractivity contribution is 14.0. The molecule has 2 rings (SSSR count). The predicted molar refractivity (Wildman–Crippen MR) is 102 cm³/mol. The Morgan fingerprint density at radius 2 is 2.29 bits per heavy atom. The van der Waals surface area contributed by atoms with Crippen molar-refractivity contribution in [3.63, 3.8) is 0 Å². The molecular weight excluding hydrogens is 395 g/mol. The van der Waals surface area contributed by atoms with Crippen LogP contribution >= 0.6 is 35.3 Å². The lowest BCUT2D eigenvalue weighted by Gasteiger charge is -2.28. The molecular formula is C15H27IN4S. The van der Waals surface area contributed by atoms with E-state index in [1.807, 2.05) is 6.20 Å². The molecule has 0 saturated heterocycles. The number of halogens is 1. The molecule has 0 aromatic carbocycles. The fraction of sp³-hybridized carbons (Fsp3) is 0.733. The monoisotopic (exact) mass is 422 g/mol. The van der Waals surface area contributed by atoms with Gasteiger partial charge in [0.15, 0.2) is 5.96 Å². The van der Waals surface area contributed by atoms with Gasteiger partial charge in [0.05, 0.1) is 6.54 Å². The first kappa shape index (κ1) is 18.7. The summed E-state index contributed by atoms with van der Waals surface area (Å²) in [6.07, 6.45) is 7.11. The molecule has 0 amide bonds. The van der Waals surface area contributed by atoms with E-state index in [4.69, 9.17) is 0 Å². The summed E-state index contributed by atoms with van der Waals surface area (Å²) in [6.45, 7) is 8.09. The molecule has 0 radical (unpaired) electrons. The molecule has 0 bridgehead atoms. The number of nitrogens with zero attached hydrogens (tertiary/aromatic N) is 2. The van der Waals surface area contributed by atoms with Crippen LogP contribution in [0.5, 0.6) is 0 Å². The van der Waals surface area contributed by atoms with Crippen LogP contribution in [-0.4, -0.2) is 23.5 Å². The van der Waals surface area contributed by atoms with E-state index in [0.717, 1.165) is 23.4 Å². The quantitative estimate of drug-likeness (QED) is 0.442. The number of aromatic nitrogens is 1. The zero-order valence-electron chi connectivity index (χ0n) is 13.2. The molecule has 2 unspecified atom stereocenters. The van der Waals surface area contributed by atoms with Crippen molar-refractivity contribution in [2.45, 2.75) is 59.0 Å². The van der Waals surface area contributed by atoms with Crippen LogP contribution in [0.15, 0.2) is 11.2 Å². The van der Waals surface area contributed by atoms with E-state index in [1.165, 1.54) is 30.6 Å². The summed E-state index contributed by atoms with van der Waals surface area (Å²) in [5.74, 6) is 1.75. The standard InChI is InChI=1S/C15H26N4S.HI/c1-4-16-15(18-10-14-17-9-12(3)20-14)19-13-7-5-6-11(2)8-13;/h9,11,13H,4-8,10H2,1-3H3,(H2,16,18,19);1H. The van der Waals surface area contributed by atoms with E-state index in [2.05, 4.69) is 41.4 Å². The van der Waals surface area contributed by atoms with Crippen molar-refractivity contribution in [1.29, 1.82) is 0 Å². The Morgan fingerprint density at radius 1 is 1.48 bits per heavy atom. The number of rotatable bonds is 4. The van der Waals surface area contributed by atoms with E-state index in [1.54, 1.807) is 11.3 Å². The summed E-state index contributed by atoms with van der Waals surface area (Å²) in [4.78, 5) is 10.3. The van der Waals surface area contributed by atoms with Gasteiger partial charge in [-0.1, -0.05) is 19.8 Å². The summed E-state index contributed by atoms with van der Waals surface area (Å²) >= 11 is 1.72. The van der Waals surface area contributed by atoms with Crippen molar-refractivity contribution in [3.05, 3.63) is 16.1 Å². The van der Waals surface area contributed by atoms with Crippen LogP contribution in [-0.2, 0) is 6.54 Å². The fourth-order valence-corrected chi connectivity index (χ4v) is 3.41. The topological polar surface area (TPSA) is 49.3 Å². The zero-order chi connectivity index (χ0) is 14.4. The first-order chi connectivity index (χ1) is 9.67. The molecule has 2 atom stereocenters. The van der Waals surface area contributed by atoms with E-state index in [0.29, 0.717) is 12.6 Å². The Hall–Kier alpha value is -0.370. The summed E-state index contributed by atoms with van der Waals surface area (Å²) in [7, 11) is 0. The van der Waals surface area contributed by atoms with Crippen molar-refractivity contribution >= 4 is 41.3 Å². The maximum absolute atomic E-state index is 4.66. The molecule has 0 aliphatic heterocycles. The Kier molecular flexibility index (Phi) is 8.55. The van der Waals surface area contributed by atoms with Gasteiger partial charge in [-0.25, -0.2) is 9.98 Å². The van der Waals surface area contributed by atoms with Gasteiger partial charge >= 0.3 is 0 Å². The minimum absolute atomic E-state index is 0. The van der Waals surface area contributed by atoms with Crippen molar-refractivity contribution in [2.24, 2.45) is 10.9 Å². The Balaban J connectivity index is 0.00000220. The average Bonchev–Trinajstić information content (AvgIpc) is 2.82. The van der Waals surface area contributed by atoms with Crippen molar-refractivity contribution in [3.8, 4) is 0 Å². The minimum Gasteiger partial charge on any atom is -0.357 e. The number of aryl methyl sites for hydroxylation is 1. The molecule has 1 aromatic heterocycles. The number of hydrogen-bond acceptors (Lipinski definition) is 3. The van der Waals surface area contributed by atoms with Gasteiger partial charge in [-0.15, -0.1) is 35.3 Å². The highest BCUT2D eigenvalue weighted by atomic mass is 127. The molecule has 1 saturated carbocycles. The van der Waals surface area contributed by atoms with E-state index in [-0.39, 0.29) is 24.0 Å². The Morgan fingerprint density at radius 3 is 2.90 bits per heavy atom. The van der Waals surface area contributed by atoms with Crippen LogP contribution in [0.2, 0.25) is 0 Å².